The molecule has 2 amide bonds. The molecule has 0 unspecified atom stereocenters. The molecule has 2 aliphatic rings. The molecule has 0 bridgehead atoms. The first-order valence-electron chi connectivity index (χ1n) is 8.42. The summed E-state index contributed by atoms with van der Waals surface area (Å²) in [6, 6.07) is 4.14. The molecule has 1 saturated carbocycles. The lowest BCUT2D eigenvalue weighted by Gasteiger charge is -2.50. The number of hydrogen-bond acceptors (Lipinski definition) is 2. The number of nitrogens with one attached hydrogen (secondary N) is 1. The quantitative estimate of drug-likeness (QED) is 0.907. The van der Waals surface area contributed by atoms with Crippen molar-refractivity contribution in [1.82, 2.24) is 10.2 Å². The minimum absolute atomic E-state index is 0.0214. The first kappa shape index (κ1) is 17.2. The third kappa shape index (κ3) is 3.02. The van der Waals surface area contributed by atoms with Gasteiger partial charge in [-0.05, 0) is 37.0 Å². The largest absolute Gasteiger partial charge is 0.351 e. The Morgan fingerprint density at radius 2 is 2.21 bits per heavy atom. The highest BCUT2D eigenvalue weighted by Gasteiger charge is 2.52. The Morgan fingerprint density at radius 3 is 2.96 bits per heavy atom. The molecule has 0 spiro atoms. The maximum Gasteiger partial charge on any atom is 0.228 e. The molecule has 2 fully saturated rings. The number of nitrogens with zero attached hydrogens (tertiary/aromatic N) is 1. The van der Waals surface area contributed by atoms with Gasteiger partial charge < -0.3 is 10.2 Å². The van der Waals surface area contributed by atoms with Gasteiger partial charge in [-0.25, -0.2) is 4.39 Å². The van der Waals surface area contributed by atoms with Gasteiger partial charge in [0.1, 0.15) is 5.82 Å². The first-order chi connectivity index (χ1) is 11.4. The first-order valence-corrected chi connectivity index (χ1v) is 8.80. The Hall–Kier alpha value is -1.62. The molecule has 0 radical (unpaired) electrons. The highest BCUT2D eigenvalue weighted by atomic mass is 35.5. The summed E-state index contributed by atoms with van der Waals surface area (Å²) in [5.41, 5.74) is 0.184. The van der Waals surface area contributed by atoms with E-state index < -0.39 is 11.2 Å². The van der Waals surface area contributed by atoms with Gasteiger partial charge in [-0.15, -0.1) is 0 Å². The van der Waals surface area contributed by atoms with E-state index in [4.69, 9.17) is 11.6 Å². The van der Waals surface area contributed by atoms with Crippen LogP contribution in [0.25, 0.3) is 0 Å². The predicted molar refractivity (Wildman–Crippen MR) is 89.9 cm³/mol. The predicted octanol–water partition coefficient (Wildman–Crippen LogP) is 3.28. The molecule has 4 nitrogen and oxygen atoms in total. The summed E-state index contributed by atoms with van der Waals surface area (Å²) < 4.78 is 13.1. The number of fused-ring (bicyclic) bond motifs is 1. The third-order valence-electron chi connectivity index (χ3n) is 5.54. The number of piperidine rings is 1. The average Bonchev–Trinajstić information content (AvgIpc) is 2.57. The van der Waals surface area contributed by atoms with Gasteiger partial charge in [-0.2, -0.15) is 0 Å². The fraction of sp³-hybridized carbons (Fsp3) is 0.556. The normalized spacial score (nSPS) is 26.9. The summed E-state index contributed by atoms with van der Waals surface area (Å²) in [5.74, 6) is -0.299. The number of carbonyl (C=O) groups is 2. The zero-order valence-electron chi connectivity index (χ0n) is 13.8. The van der Waals surface area contributed by atoms with Gasteiger partial charge in [0.2, 0.25) is 11.8 Å². The van der Waals surface area contributed by atoms with Gasteiger partial charge >= 0.3 is 0 Å². The molecule has 1 aliphatic carbocycles. The van der Waals surface area contributed by atoms with Crippen LogP contribution in [-0.4, -0.2) is 29.8 Å². The van der Waals surface area contributed by atoms with Crippen molar-refractivity contribution < 1.29 is 14.0 Å². The number of likely N-dealkylation sites (tertiary alicyclic amines) is 1. The average molecular weight is 353 g/mol. The molecule has 24 heavy (non-hydrogen) atoms. The summed E-state index contributed by atoms with van der Waals surface area (Å²) in [5, 5.41) is 3.28. The lowest BCUT2D eigenvalue weighted by atomic mass is 9.64. The summed E-state index contributed by atoms with van der Waals surface area (Å²) >= 11 is 6.03. The molecular formula is C18H22ClFN2O2. The highest BCUT2D eigenvalue weighted by Crippen LogP contribution is 2.46. The molecule has 1 aromatic rings. The summed E-state index contributed by atoms with van der Waals surface area (Å²) in [6.07, 6.45) is 4.73. The Balaban J connectivity index is 1.75. The topological polar surface area (TPSA) is 49.4 Å². The standard InChI is InChI=1S/C18H22ClFN2O2/c1-22-15-4-2-3-8-18(15,9-7-16(22)23)17(24)21-11-12-5-6-13(20)10-14(12)19/h5-6,10,15H,2-4,7-9,11H2,1H3,(H,21,24)/t15-,18-/m1/s1. The van der Waals surface area contributed by atoms with E-state index in [-0.39, 0.29) is 24.4 Å². The van der Waals surface area contributed by atoms with Gasteiger partial charge in [0.15, 0.2) is 0 Å². The van der Waals surface area contributed by atoms with Crippen molar-refractivity contribution in [2.75, 3.05) is 7.05 Å². The van der Waals surface area contributed by atoms with Crippen molar-refractivity contribution >= 4 is 23.4 Å². The zero-order chi connectivity index (χ0) is 17.3. The molecule has 1 saturated heterocycles. The second kappa shape index (κ2) is 6.71. The fourth-order valence-electron chi connectivity index (χ4n) is 4.15. The number of halogens is 2. The van der Waals surface area contributed by atoms with E-state index in [1.54, 1.807) is 18.0 Å². The van der Waals surface area contributed by atoms with Crippen LogP contribution in [0.15, 0.2) is 18.2 Å². The van der Waals surface area contributed by atoms with Crippen LogP contribution in [-0.2, 0) is 16.1 Å². The lowest BCUT2D eigenvalue weighted by molar-refractivity contribution is -0.153. The molecule has 1 aromatic carbocycles. The monoisotopic (exact) mass is 352 g/mol. The van der Waals surface area contributed by atoms with E-state index >= 15 is 0 Å². The molecule has 1 N–H and O–H groups in total. The van der Waals surface area contributed by atoms with Crippen LogP contribution in [0.1, 0.15) is 44.1 Å². The Kier molecular flexibility index (Phi) is 4.81. The van der Waals surface area contributed by atoms with Gasteiger partial charge in [-0.1, -0.05) is 30.5 Å². The Bertz CT molecular complexity index is 666. The minimum atomic E-state index is -0.507. The van der Waals surface area contributed by atoms with Crippen LogP contribution >= 0.6 is 11.6 Å². The second-order valence-electron chi connectivity index (χ2n) is 6.84. The molecule has 6 heteroatoms. The number of rotatable bonds is 3. The maximum absolute atomic E-state index is 13.1. The van der Waals surface area contributed by atoms with E-state index in [1.165, 1.54) is 12.1 Å². The maximum atomic E-state index is 13.1. The zero-order valence-corrected chi connectivity index (χ0v) is 14.5. The van der Waals surface area contributed by atoms with E-state index in [9.17, 15) is 14.0 Å². The molecule has 1 heterocycles. The van der Waals surface area contributed by atoms with Crippen LogP contribution < -0.4 is 5.32 Å². The second-order valence-corrected chi connectivity index (χ2v) is 7.25. The van der Waals surface area contributed by atoms with Crippen molar-refractivity contribution in [3.63, 3.8) is 0 Å². The lowest BCUT2D eigenvalue weighted by Crippen LogP contribution is -2.60. The van der Waals surface area contributed by atoms with Crippen molar-refractivity contribution in [3.8, 4) is 0 Å². The van der Waals surface area contributed by atoms with Crippen molar-refractivity contribution in [2.45, 2.75) is 51.1 Å². The third-order valence-corrected chi connectivity index (χ3v) is 5.89. The van der Waals surface area contributed by atoms with E-state index in [0.717, 1.165) is 25.7 Å². The van der Waals surface area contributed by atoms with Crippen molar-refractivity contribution in [2.24, 2.45) is 5.41 Å². The number of carbonyl (C=O) groups excluding carboxylic acids is 2. The van der Waals surface area contributed by atoms with E-state index in [2.05, 4.69) is 5.32 Å². The minimum Gasteiger partial charge on any atom is -0.351 e. The van der Waals surface area contributed by atoms with Gasteiger partial charge in [0.05, 0.1) is 5.41 Å². The van der Waals surface area contributed by atoms with Gasteiger partial charge in [0.25, 0.3) is 0 Å². The number of benzene rings is 1. The van der Waals surface area contributed by atoms with Crippen LogP contribution in [0, 0.1) is 11.2 Å². The van der Waals surface area contributed by atoms with E-state index in [1.807, 2.05) is 0 Å². The Labute approximate surface area is 146 Å². The van der Waals surface area contributed by atoms with Crippen LogP contribution in [0.4, 0.5) is 4.39 Å². The summed E-state index contributed by atoms with van der Waals surface area (Å²) in [6.45, 7) is 0.268. The van der Waals surface area contributed by atoms with Crippen molar-refractivity contribution in [1.29, 1.82) is 0 Å². The van der Waals surface area contributed by atoms with E-state index in [0.29, 0.717) is 23.4 Å². The van der Waals surface area contributed by atoms with Gasteiger partial charge in [-0.3, -0.25) is 9.59 Å². The molecule has 130 valence electrons. The number of amides is 2. The summed E-state index contributed by atoms with van der Waals surface area (Å²) in [7, 11) is 1.80. The molecule has 2 atom stereocenters. The van der Waals surface area contributed by atoms with Crippen molar-refractivity contribution in [3.05, 3.63) is 34.6 Å². The smallest absolute Gasteiger partial charge is 0.228 e. The van der Waals surface area contributed by atoms with Crippen LogP contribution in [0.5, 0.6) is 0 Å². The molecule has 0 aromatic heterocycles. The summed E-state index contributed by atoms with van der Waals surface area (Å²) in [4.78, 5) is 26.8. The molecule has 3 rings (SSSR count). The highest BCUT2D eigenvalue weighted by molar-refractivity contribution is 6.31. The Morgan fingerprint density at radius 1 is 1.42 bits per heavy atom. The SMILES string of the molecule is CN1C(=O)CC[C@]2(C(=O)NCc3ccc(F)cc3Cl)CCCC[C@@H]12. The van der Waals surface area contributed by atoms with Crippen LogP contribution in [0.2, 0.25) is 5.02 Å². The fourth-order valence-corrected chi connectivity index (χ4v) is 4.39. The molecule has 1 aliphatic heterocycles. The molecular weight excluding hydrogens is 331 g/mol. The van der Waals surface area contributed by atoms with Crippen LogP contribution in [0.3, 0.4) is 0 Å². The van der Waals surface area contributed by atoms with Gasteiger partial charge in [0, 0.05) is 31.1 Å². The number of hydrogen-bond donors (Lipinski definition) is 1.